The number of benzene rings is 3. The number of hydrogen-bond donors (Lipinski definition) is 1. The standard InChI is InChI=1S/C24H23N3O/c25-17-9-11-18(12-10-17)26-13-15-27(16-14-26)24(28)23-21-7-3-1-5-19(21)20-6-2-4-8-22(20)23/h1-12,23H,13-16,25H2. The summed E-state index contributed by atoms with van der Waals surface area (Å²) >= 11 is 0. The summed E-state index contributed by atoms with van der Waals surface area (Å²) in [5, 5.41) is 0. The van der Waals surface area contributed by atoms with Crippen LogP contribution in [0.2, 0.25) is 0 Å². The monoisotopic (exact) mass is 369 g/mol. The topological polar surface area (TPSA) is 49.6 Å². The quantitative estimate of drug-likeness (QED) is 0.700. The number of piperazine rings is 1. The zero-order valence-electron chi connectivity index (χ0n) is 15.7. The predicted octanol–water partition coefficient (Wildman–Crippen LogP) is 3.73. The summed E-state index contributed by atoms with van der Waals surface area (Å²) in [5.74, 6) is 0.0322. The van der Waals surface area contributed by atoms with E-state index in [-0.39, 0.29) is 11.8 Å². The average Bonchev–Trinajstić information content (AvgIpc) is 3.08. The second-order valence-electron chi connectivity index (χ2n) is 7.51. The zero-order valence-corrected chi connectivity index (χ0v) is 15.7. The number of carbonyl (C=O) groups is 1. The minimum Gasteiger partial charge on any atom is -0.399 e. The van der Waals surface area contributed by atoms with Crippen molar-refractivity contribution < 1.29 is 4.79 Å². The molecular formula is C24H23N3O. The van der Waals surface area contributed by atoms with E-state index in [2.05, 4.69) is 41.3 Å². The van der Waals surface area contributed by atoms with Gasteiger partial charge in [0.25, 0.3) is 0 Å². The third-order valence-electron chi connectivity index (χ3n) is 5.93. The van der Waals surface area contributed by atoms with Crippen molar-refractivity contribution in [1.29, 1.82) is 0 Å². The second kappa shape index (κ2) is 6.71. The average molecular weight is 369 g/mol. The third-order valence-corrected chi connectivity index (χ3v) is 5.93. The van der Waals surface area contributed by atoms with Gasteiger partial charge in [0.15, 0.2) is 0 Å². The van der Waals surface area contributed by atoms with Crippen LogP contribution in [-0.2, 0) is 4.79 Å². The first-order chi connectivity index (χ1) is 13.7. The number of carbonyl (C=O) groups excluding carboxylic acids is 1. The Kier molecular flexibility index (Phi) is 4.05. The number of amides is 1. The van der Waals surface area contributed by atoms with Crippen molar-refractivity contribution in [3.05, 3.63) is 83.9 Å². The molecule has 0 saturated carbocycles. The van der Waals surface area contributed by atoms with Gasteiger partial charge in [0.1, 0.15) is 0 Å². The fraction of sp³-hybridized carbons (Fsp3) is 0.208. The molecule has 28 heavy (non-hydrogen) atoms. The van der Waals surface area contributed by atoms with Crippen molar-refractivity contribution in [2.75, 3.05) is 36.8 Å². The fourth-order valence-electron chi connectivity index (χ4n) is 4.47. The summed E-state index contributed by atoms with van der Waals surface area (Å²) in [6.07, 6.45) is 0. The number of nitrogen functional groups attached to an aromatic ring is 1. The maximum absolute atomic E-state index is 13.5. The van der Waals surface area contributed by atoms with Crippen LogP contribution in [0.3, 0.4) is 0 Å². The van der Waals surface area contributed by atoms with E-state index in [0.717, 1.165) is 48.7 Å². The van der Waals surface area contributed by atoms with Crippen molar-refractivity contribution in [2.24, 2.45) is 0 Å². The van der Waals surface area contributed by atoms with Gasteiger partial charge in [0, 0.05) is 37.6 Å². The largest absolute Gasteiger partial charge is 0.399 e. The third kappa shape index (κ3) is 2.73. The molecule has 1 heterocycles. The minimum atomic E-state index is -0.185. The Morgan fingerprint density at radius 3 is 1.86 bits per heavy atom. The summed E-state index contributed by atoms with van der Waals surface area (Å²) in [4.78, 5) is 17.8. The molecule has 1 saturated heterocycles. The molecule has 1 aliphatic heterocycles. The van der Waals surface area contributed by atoms with Crippen LogP contribution in [0.4, 0.5) is 11.4 Å². The van der Waals surface area contributed by atoms with Crippen molar-refractivity contribution in [3.63, 3.8) is 0 Å². The molecule has 0 atom stereocenters. The Bertz CT molecular complexity index is 975. The van der Waals surface area contributed by atoms with Crippen molar-refractivity contribution in [1.82, 2.24) is 4.90 Å². The molecule has 2 aliphatic rings. The number of rotatable bonds is 2. The Morgan fingerprint density at radius 2 is 1.29 bits per heavy atom. The predicted molar refractivity (Wildman–Crippen MR) is 113 cm³/mol. The van der Waals surface area contributed by atoms with Gasteiger partial charge in [-0.2, -0.15) is 0 Å². The lowest BCUT2D eigenvalue weighted by Crippen LogP contribution is -2.50. The van der Waals surface area contributed by atoms with Crippen LogP contribution in [0.15, 0.2) is 72.8 Å². The molecule has 0 unspecified atom stereocenters. The van der Waals surface area contributed by atoms with Gasteiger partial charge in [-0.15, -0.1) is 0 Å². The molecule has 3 aromatic carbocycles. The lowest BCUT2D eigenvalue weighted by molar-refractivity contribution is -0.132. The smallest absolute Gasteiger partial charge is 0.234 e. The van der Waals surface area contributed by atoms with Gasteiger partial charge in [0.05, 0.1) is 5.92 Å². The zero-order chi connectivity index (χ0) is 19.1. The minimum absolute atomic E-state index is 0.185. The van der Waals surface area contributed by atoms with E-state index in [1.807, 2.05) is 41.3 Å². The van der Waals surface area contributed by atoms with Crippen LogP contribution in [0, 0.1) is 0 Å². The lowest BCUT2D eigenvalue weighted by atomic mass is 9.95. The number of nitrogens with two attached hydrogens (primary N) is 1. The molecule has 3 aromatic rings. The van der Waals surface area contributed by atoms with Gasteiger partial charge >= 0.3 is 0 Å². The van der Waals surface area contributed by atoms with E-state index in [1.54, 1.807) is 0 Å². The SMILES string of the molecule is Nc1ccc(N2CCN(C(=O)C3c4ccccc4-c4ccccc43)CC2)cc1. The van der Waals surface area contributed by atoms with Gasteiger partial charge in [0.2, 0.25) is 5.91 Å². The molecule has 0 aromatic heterocycles. The van der Waals surface area contributed by atoms with E-state index in [9.17, 15) is 4.79 Å². The number of anilines is 2. The molecule has 0 radical (unpaired) electrons. The van der Waals surface area contributed by atoms with Gasteiger partial charge < -0.3 is 15.5 Å². The first-order valence-corrected chi connectivity index (χ1v) is 9.80. The Balaban J connectivity index is 1.37. The molecule has 1 fully saturated rings. The van der Waals surface area contributed by atoms with Gasteiger partial charge in [-0.1, -0.05) is 48.5 Å². The highest BCUT2D eigenvalue weighted by molar-refractivity contribution is 5.96. The van der Waals surface area contributed by atoms with Crippen molar-refractivity contribution in [3.8, 4) is 11.1 Å². The van der Waals surface area contributed by atoms with E-state index >= 15 is 0 Å². The first kappa shape index (κ1) is 16.9. The first-order valence-electron chi connectivity index (χ1n) is 9.80. The molecule has 4 nitrogen and oxygen atoms in total. The summed E-state index contributed by atoms with van der Waals surface area (Å²) in [5.41, 5.74) is 12.4. The maximum Gasteiger partial charge on any atom is 0.234 e. The number of hydrogen-bond acceptors (Lipinski definition) is 3. The molecule has 0 spiro atoms. The van der Waals surface area contributed by atoms with Gasteiger partial charge in [-0.3, -0.25) is 4.79 Å². The molecule has 140 valence electrons. The molecule has 2 N–H and O–H groups in total. The molecule has 1 aliphatic carbocycles. The van der Waals surface area contributed by atoms with E-state index in [0.29, 0.717) is 0 Å². The molecule has 1 amide bonds. The van der Waals surface area contributed by atoms with Crippen LogP contribution in [0.5, 0.6) is 0 Å². The van der Waals surface area contributed by atoms with E-state index < -0.39 is 0 Å². The van der Waals surface area contributed by atoms with Gasteiger partial charge in [-0.05, 0) is 46.5 Å². The Hall–Kier alpha value is -3.27. The summed E-state index contributed by atoms with van der Waals surface area (Å²) in [6.45, 7) is 3.16. The normalized spacial score (nSPS) is 16.0. The second-order valence-corrected chi connectivity index (χ2v) is 7.51. The van der Waals surface area contributed by atoms with Crippen LogP contribution in [-0.4, -0.2) is 37.0 Å². The van der Waals surface area contributed by atoms with Crippen molar-refractivity contribution >= 4 is 17.3 Å². The van der Waals surface area contributed by atoms with E-state index in [4.69, 9.17) is 5.73 Å². The summed E-state index contributed by atoms with van der Waals surface area (Å²) < 4.78 is 0. The Morgan fingerprint density at radius 1 is 0.750 bits per heavy atom. The molecule has 0 bridgehead atoms. The summed E-state index contributed by atoms with van der Waals surface area (Å²) in [7, 11) is 0. The van der Waals surface area contributed by atoms with Crippen molar-refractivity contribution in [2.45, 2.75) is 5.92 Å². The highest BCUT2D eigenvalue weighted by Gasteiger charge is 2.36. The Labute approximate surface area is 165 Å². The number of fused-ring (bicyclic) bond motifs is 3. The maximum atomic E-state index is 13.5. The van der Waals surface area contributed by atoms with E-state index in [1.165, 1.54) is 11.1 Å². The lowest BCUT2D eigenvalue weighted by Gasteiger charge is -2.37. The van der Waals surface area contributed by atoms with Crippen LogP contribution >= 0.6 is 0 Å². The number of nitrogens with zero attached hydrogens (tertiary/aromatic N) is 2. The fourth-order valence-corrected chi connectivity index (χ4v) is 4.47. The molecular weight excluding hydrogens is 346 g/mol. The molecule has 5 rings (SSSR count). The van der Waals surface area contributed by atoms with Gasteiger partial charge in [-0.25, -0.2) is 0 Å². The van der Waals surface area contributed by atoms with Crippen LogP contribution < -0.4 is 10.6 Å². The van der Waals surface area contributed by atoms with Crippen LogP contribution in [0.25, 0.3) is 11.1 Å². The summed E-state index contributed by atoms with van der Waals surface area (Å²) in [6, 6.07) is 24.6. The highest BCUT2D eigenvalue weighted by Crippen LogP contribution is 2.45. The highest BCUT2D eigenvalue weighted by atomic mass is 16.2. The van der Waals surface area contributed by atoms with Crippen LogP contribution in [0.1, 0.15) is 17.0 Å². The molecule has 4 heteroatoms.